The van der Waals surface area contributed by atoms with E-state index in [9.17, 15) is 9.18 Å². The van der Waals surface area contributed by atoms with Crippen molar-refractivity contribution in [1.82, 2.24) is 9.55 Å². The van der Waals surface area contributed by atoms with Crippen molar-refractivity contribution >= 4 is 16.7 Å². The smallest absolute Gasteiger partial charge is 0.269 e. The van der Waals surface area contributed by atoms with Gasteiger partial charge in [-0.05, 0) is 35.9 Å². The van der Waals surface area contributed by atoms with E-state index in [4.69, 9.17) is 5.73 Å². The molecule has 0 radical (unpaired) electrons. The lowest BCUT2D eigenvalue weighted by molar-refractivity contribution is 0.624. The molecule has 2 aromatic carbocycles. The van der Waals surface area contributed by atoms with Crippen LogP contribution in [-0.4, -0.2) is 9.55 Å². The monoisotopic (exact) mass is 269 g/mol. The highest BCUT2D eigenvalue weighted by Gasteiger charge is 2.07. The van der Waals surface area contributed by atoms with E-state index in [-0.39, 0.29) is 17.9 Å². The van der Waals surface area contributed by atoms with E-state index in [1.54, 1.807) is 6.07 Å². The summed E-state index contributed by atoms with van der Waals surface area (Å²) in [6.07, 6.45) is 1.26. The highest BCUT2D eigenvalue weighted by Crippen LogP contribution is 2.16. The van der Waals surface area contributed by atoms with Crippen molar-refractivity contribution in [2.24, 2.45) is 0 Å². The molecule has 0 fully saturated rings. The largest absolute Gasteiger partial charge is 0.398 e. The third kappa shape index (κ3) is 2.14. The van der Waals surface area contributed by atoms with Crippen LogP contribution < -0.4 is 11.3 Å². The number of rotatable bonds is 2. The molecule has 1 aromatic heterocycles. The Morgan fingerprint density at radius 3 is 2.85 bits per heavy atom. The number of nitrogens with two attached hydrogens (primary N) is 1. The van der Waals surface area contributed by atoms with Gasteiger partial charge in [0.1, 0.15) is 5.82 Å². The van der Waals surface area contributed by atoms with Gasteiger partial charge in [0.2, 0.25) is 0 Å². The molecule has 0 aliphatic carbocycles. The molecule has 3 rings (SSSR count). The minimum Gasteiger partial charge on any atom is -0.398 e. The quantitative estimate of drug-likeness (QED) is 0.725. The molecule has 0 amide bonds. The lowest BCUT2D eigenvalue weighted by Crippen LogP contribution is -2.21. The van der Waals surface area contributed by atoms with Crippen molar-refractivity contribution in [3.63, 3.8) is 0 Å². The van der Waals surface area contributed by atoms with Crippen LogP contribution in [0.3, 0.4) is 0 Å². The minimum absolute atomic E-state index is 0.214. The SMILES string of the molecule is Nc1ccc(F)cc1Cn1c(=O)cnc2ccccc21. The van der Waals surface area contributed by atoms with Crippen LogP contribution in [0.25, 0.3) is 11.0 Å². The zero-order chi connectivity index (χ0) is 14.1. The van der Waals surface area contributed by atoms with Crippen LogP contribution in [-0.2, 0) is 6.54 Å². The molecule has 4 nitrogen and oxygen atoms in total. The van der Waals surface area contributed by atoms with Gasteiger partial charge in [-0.2, -0.15) is 0 Å². The molecule has 0 bridgehead atoms. The van der Waals surface area contributed by atoms with E-state index in [0.717, 1.165) is 0 Å². The molecule has 0 aliphatic rings. The molecule has 0 unspecified atom stereocenters. The minimum atomic E-state index is -0.374. The van der Waals surface area contributed by atoms with E-state index < -0.39 is 0 Å². The molecule has 0 aliphatic heterocycles. The summed E-state index contributed by atoms with van der Waals surface area (Å²) in [5.41, 5.74) is 8.03. The van der Waals surface area contributed by atoms with Crippen molar-refractivity contribution in [2.75, 3.05) is 5.73 Å². The highest BCUT2D eigenvalue weighted by molar-refractivity contribution is 5.74. The first-order chi connectivity index (χ1) is 9.65. The number of para-hydroxylation sites is 2. The summed E-state index contributed by atoms with van der Waals surface area (Å²) in [6, 6.07) is 11.4. The second kappa shape index (κ2) is 4.77. The summed E-state index contributed by atoms with van der Waals surface area (Å²) in [7, 11) is 0. The maximum atomic E-state index is 13.3. The van der Waals surface area contributed by atoms with Crippen molar-refractivity contribution < 1.29 is 4.39 Å². The summed E-state index contributed by atoms with van der Waals surface area (Å²) < 4.78 is 14.8. The van der Waals surface area contributed by atoms with Crippen LogP contribution in [0, 0.1) is 5.82 Å². The molecule has 3 aromatic rings. The van der Waals surface area contributed by atoms with Gasteiger partial charge in [0.25, 0.3) is 5.56 Å². The Labute approximate surface area is 114 Å². The number of aromatic nitrogens is 2. The van der Waals surface area contributed by atoms with Crippen molar-refractivity contribution in [3.8, 4) is 0 Å². The molecule has 0 saturated heterocycles. The Bertz CT molecular complexity index is 842. The predicted molar refractivity (Wildman–Crippen MR) is 75.9 cm³/mol. The first-order valence-electron chi connectivity index (χ1n) is 6.13. The lowest BCUT2D eigenvalue weighted by atomic mass is 10.1. The molecule has 2 N–H and O–H groups in total. The summed E-state index contributed by atoms with van der Waals surface area (Å²) in [5, 5.41) is 0. The van der Waals surface area contributed by atoms with Crippen LogP contribution in [0.1, 0.15) is 5.56 Å². The average Bonchev–Trinajstić information content (AvgIpc) is 2.46. The number of hydrogen-bond donors (Lipinski definition) is 1. The van der Waals surface area contributed by atoms with E-state index in [0.29, 0.717) is 22.3 Å². The van der Waals surface area contributed by atoms with E-state index in [1.165, 1.54) is 29.0 Å². The number of nitrogens with zero attached hydrogens (tertiary/aromatic N) is 2. The maximum absolute atomic E-state index is 13.3. The van der Waals surface area contributed by atoms with Crippen LogP contribution in [0.5, 0.6) is 0 Å². The fourth-order valence-corrected chi connectivity index (χ4v) is 2.16. The Hall–Kier alpha value is -2.69. The first kappa shape index (κ1) is 12.3. The van der Waals surface area contributed by atoms with Gasteiger partial charge in [0.05, 0.1) is 23.8 Å². The normalized spacial score (nSPS) is 10.8. The number of anilines is 1. The van der Waals surface area contributed by atoms with Gasteiger partial charge in [-0.15, -0.1) is 0 Å². The third-order valence-electron chi connectivity index (χ3n) is 3.19. The van der Waals surface area contributed by atoms with Crippen LogP contribution >= 0.6 is 0 Å². The highest BCUT2D eigenvalue weighted by atomic mass is 19.1. The molecular formula is C15H12FN3O. The molecule has 5 heteroatoms. The fraction of sp³-hybridized carbons (Fsp3) is 0.0667. The van der Waals surface area contributed by atoms with Gasteiger partial charge in [-0.1, -0.05) is 12.1 Å². The second-order valence-corrected chi connectivity index (χ2v) is 4.51. The number of halogens is 1. The summed E-state index contributed by atoms with van der Waals surface area (Å²) in [4.78, 5) is 16.1. The van der Waals surface area contributed by atoms with Crippen LogP contribution in [0.4, 0.5) is 10.1 Å². The van der Waals surface area contributed by atoms with Crippen molar-refractivity contribution in [2.45, 2.75) is 6.54 Å². The van der Waals surface area contributed by atoms with E-state index in [2.05, 4.69) is 4.98 Å². The summed E-state index contributed by atoms with van der Waals surface area (Å²) in [6.45, 7) is 0.214. The third-order valence-corrected chi connectivity index (χ3v) is 3.19. The zero-order valence-electron chi connectivity index (χ0n) is 10.6. The van der Waals surface area contributed by atoms with E-state index in [1.807, 2.05) is 18.2 Å². The molecular weight excluding hydrogens is 257 g/mol. The number of hydrogen-bond acceptors (Lipinski definition) is 3. The standard InChI is InChI=1S/C15H12FN3O/c16-11-5-6-12(17)10(7-11)9-19-14-4-2-1-3-13(14)18-8-15(19)20/h1-8H,9,17H2. The molecule has 1 heterocycles. The van der Waals surface area contributed by atoms with Gasteiger partial charge in [0, 0.05) is 5.69 Å². The summed E-state index contributed by atoms with van der Waals surface area (Å²) >= 11 is 0. The number of fused-ring (bicyclic) bond motifs is 1. The van der Waals surface area contributed by atoms with Crippen molar-refractivity contribution in [3.05, 3.63) is 70.4 Å². The topological polar surface area (TPSA) is 60.9 Å². The number of nitrogen functional groups attached to an aromatic ring is 1. The van der Waals surface area contributed by atoms with Gasteiger partial charge in [-0.25, -0.2) is 9.37 Å². The first-order valence-corrected chi connectivity index (χ1v) is 6.13. The molecule has 100 valence electrons. The fourth-order valence-electron chi connectivity index (χ4n) is 2.16. The van der Waals surface area contributed by atoms with Crippen molar-refractivity contribution in [1.29, 1.82) is 0 Å². The number of benzene rings is 2. The Morgan fingerprint density at radius 1 is 1.20 bits per heavy atom. The van der Waals surface area contributed by atoms with Gasteiger partial charge < -0.3 is 10.3 Å². The maximum Gasteiger partial charge on any atom is 0.269 e. The molecule has 0 atom stereocenters. The zero-order valence-corrected chi connectivity index (χ0v) is 10.6. The summed E-state index contributed by atoms with van der Waals surface area (Å²) in [5.74, 6) is -0.374. The van der Waals surface area contributed by atoms with Crippen LogP contribution in [0.2, 0.25) is 0 Å². The molecule has 0 spiro atoms. The van der Waals surface area contributed by atoms with E-state index >= 15 is 0 Å². The van der Waals surface area contributed by atoms with Gasteiger partial charge in [0.15, 0.2) is 0 Å². The second-order valence-electron chi connectivity index (χ2n) is 4.51. The Kier molecular flexibility index (Phi) is 2.95. The lowest BCUT2D eigenvalue weighted by Gasteiger charge is -2.11. The predicted octanol–water partition coefficient (Wildman–Crippen LogP) is 2.17. The van der Waals surface area contributed by atoms with Gasteiger partial charge >= 0.3 is 0 Å². The van der Waals surface area contributed by atoms with Crippen LogP contribution in [0.15, 0.2) is 53.5 Å². The molecule has 0 saturated carbocycles. The van der Waals surface area contributed by atoms with Gasteiger partial charge in [-0.3, -0.25) is 4.79 Å². The Morgan fingerprint density at radius 2 is 2.00 bits per heavy atom. The average molecular weight is 269 g/mol. The Balaban J connectivity index is 2.17. The molecule has 20 heavy (non-hydrogen) atoms.